The lowest BCUT2D eigenvalue weighted by molar-refractivity contribution is 0.593. The van der Waals surface area contributed by atoms with E-state index in [2.05, 4.69) is 0 Å². The number of hydrogen-bond acceptors (Lipinski definition) is 3. The topological polar surface area (TPSA) is 61.2 Å². The Morgan fingerprint density at radius 3 is 2.35 bits per heavy atom. The van der Waals surface area contributed by atoms with Gasteiger partial charge in [-0.15, -0.1) is 0 Å². The molecular weight excluding hydrogens is 272 g/mol. The van der Waals surface area contributed by atoms with E-state index in [1.54, 1.807) is 43.3 Å². The molecule has 0 N–H and O–H groups in total. The molecule has 0 radical (unpaired) electrons. The van der Waals surface area contributed by atoms with Gasteiger partial charge in [-0.1, -0.05) is 24.3 Å². The van der Waals surface area contributed by atoms with Gasteiger partial charge < -0.3 is 0 Å². The molecule has 5 heteroatoms. The highest BCUT2D eigenvalue weighted by Crippen LogP contribution is 2.24. The maximum absolute atomic E-state index is 12.6. The molecule has 4 nitrogen and oxygen atoms in total. The standard InChI is InChI=1S/C15H14N2O2S/c1-12-8-9-13(11-16)10-15(12)20(18,19)17(2)14-6-4-3-5-7-14/h3-10H,1-2H3. The lowest BCUT2D eigenvalue weighted by atomic mass is 10.2. The maximum Gasteiger partial charge on any atom is 0.264 e. The van der Waals surface area contributed by atoms with Gasteiger partial charge >= 0.3 is 0 Å². The minimum atomic E-state index is -3.67. The molecular formula is C15H14N2O2S. The van der Waals surface area contributed by atoms with Crippen LogP contribution in [0.3, 0.4) is 0 Å². The number of nitrogens with zero attached hydrogens (tertiary/aromatic N) is 2. The fourth-order valence-corrected chi connectivity index (χ4v) is 3.32. The number of hydrogen-bond donors (Lipinski definition) is 0. The van der Waals surface area contributed by atoms with Crippen molar-refractivity contribution >= 4 is 15.7 Å². The van der Waals surface area contributed by atoms with E-state index in [0.29, 0.717) is 16.8 Å². The molecule has 0 aliphatic rings. The summed E-state index contributed by atoms with van der Waals surface area (Å²) in [4.78, 5) is 0.155. The van der Waals surface area contributed by atoms with E-state index in [4.69, 9.17) is 5.26 Å². The number of sulfonamides is 1. The largest absolute Gasteiger partial charge is 0.269 e. The number of rotatable bonds is 3. The van der Waals surface area contributed by atoms with E-state index >= 15 is 0 Å². The SMILES string of the molecule is Cc1ccc(C#N)cc1S(=O)(=O)N(C)c1ccccc1. The van der Waals surface area contributed by atoms with Crippen LogP contribution in [0.2, 0.25) is 0 Å². The number of benzene rings is 2. The van der Waals surface area contributed by atoms with Gasteiger partial charge in [-0.05, 0) is 36.8 Å². The lowest BCUT2D eigenvalue weighted by Crippen LogP contribution is -2.27. The van der Waals surface area contributed by atoms with Gasteiger partial charge in [-0.2, -0.15) is 5.26 Å². The van der Waals surface area contributed by atoms with Gasteiger partial charge in [-0.25, -0.2) is 8.42 Å². The summed E-state index contributed by atoms with van der Waals surface area (Å²) in [5.74, 6) is 0. The molecule has 0 spiro atoms. The quantitative estimate of drug-likeness (QED) is 0.871. The van der Waals surface area contributed by atoms with Crippen LogP contribution in [0.5, 0.6) is 0 Å². The molecule has 0 saturated heterocycles. The molecule has 0 aromatic heterocycles. The molecule has 2 aromatic rings. The fourth-order valence-electron chi connectivity index (χ4n) is 1.87. The summed E-state index contributed by atoms with van der Waals surface area (Å²) in [6, 6.07) is 15.4. The van der Waals surface area contributed by atoms with E-state index in [1.807, 2.05) is 12.1 Å². The van der Waals surface area contributed by atoms with Gasteiger partial charge in [0, 0.05) is 7.05 Å². The summed E-state index contributed by atoms with van der Waals surface area (Å²) >= 11 is 0. The molecule has 2 rings (SSSR count). The molecule has 2 aromatic carbocycles. The first-order valence-electron chi connectivity index (χ1n) is 6.01. The minimum Gasteiger partial charge on any atom is -0.269 e. The van der Waals surface area contributed by atoms with Crippen LogP contribution in [0.25, 0.3) is 0 Å². The van der Waals surface area contributed by atoms with Gasteiger partial charge in [0.1, 0.15) is 0 Å². The van der Waals surface area contributed by atoms with Crippen molar-refractivity contribution < 1.29 is 8.42 Å². The van der Waals surface area contributed by atoms with Crippen LogP contribution < -0.4 is 4.31 Å². The van der Waals surface area contributed by atoms with Crippen LogP contribution in [-0.2, 0) is 10.0 Å². The van der Waals surface area contributed by atoms with E-state index in [1.165, 1.54) is 17.4 Å². The predicted octanol–water partition coefficient (Wildman–Crippen LogP) is 2.69. The maximum atomic E-state index is 12.6. The second-order valence-electron chi connectivity index (χ2n) is 4.40. The highest BCUT2D eigenvalue weighted by molar-refractivity contribution is 7.92. The molecule has 0 aliphatic heterocycles. The summed E-state index contributed by atoms with van der Waals surface area (Å²) in [6.45, 7) is 1.72. The third-order valence-electron chi connectivity index (χ3n) is 3.08. The Kier molecular flexibility index (Phi) is 3.77. The highest BCUT2D eigenvalue weighted by atomic mass is 32.2. The third kappa shape index (κ3) is 2.51. The molecule has 0 atom stereocenters. The van der Waals surface area contributed by atoms with Gasteiger partial charge in [-0.3, -0.25) is 4.31 Å². The molecule has 102 valence electrons. The average molecular weight is 286 g/mol. The second-order valence-corrected chi connectivity index (χ2v) is 6.34. The van der Waals surface area contributed by atoms with Crippen molar-refractivity contribution in [2.24, 2.45) is 0 Å². The Morgan fingerprint density at radius 1 is 1.10 bits per heavy atom. The zero-order chi connectivity index (χ0) is 14.8. The van der Waals surface area contributed by atoms with Crippen molar-refractivity contribution in [2.45, 2.75) is 11.8 Å². The van der Waals surface area contributed by atoms with Gasteiger partial charge in [0.25, 0.3) is 10.0 Å². The average Bonchev–Trinajstić information content (AvgIpc) is 2.47. The fraction of sp³-hybridized carbons (Fsp3) is 0.133. The van der Waals surface area contributed by atoms with Gasteiger partial charge in [0.2, 0.25) is 0 Å². The van der Waals surface area contributed by atoms with Crippen LogP contribution in [0.4, 0.5) is 5.69 Å². The normalized spacial score (nSPS) is 10.8. The smallest absolute Gasteiger partial charge is 0.264 e. The first-order chi connectivity index (χ1) is 9.46. The zero-order valence-corrected chi connectivity index (χ0v) is 12.1. The Balaban J connectivity index is 2.54. The van der Waals surface area contributed by atoms with Crippen molar-refractivity contribution in [2.75, 3.05) is 11.4 Å². The van der Waals surface area contributed by atoms with E-state index in [-0.39, 0.29) is 4.90 Å². The molecule has 20 heavy (non-hydrogen) atoms. The van der Waals surface area contributed by atoms with Gasteiger partial charge in [0.15, 0.2) is 0 Å². The number of anilines is 1. The van der Waals surface area contributed by atoms with Crippen molar-refractivity contribution in [3.8, 4) is 6.07 Å². The highest BCUT2D eigenvalue weighted by Gasteiger charge is 2.23. The van der Waals surface area contributed by atoms with E-state index in [9.17, 15) is 8.42 Å². The Bertz CT molecular complexity index is 762. The second kappa shape index (κ2) is 5.35. The Morgan fingerprint density at radius 2 is 1.75 bits per heavy atom. The lowest BCUT2D eigenvalue weighted by Gasteiger charge is -2.20. The first kappa shape index (κ1) is 14.1. The summed E-state index contributed by atoms with van der Waals surface area (Å²) in [5.41, 5.74) is 1.52. The van der Waals surface area contributed by atoms with Crippen molar-refractivity contribution in [3.05, 3.63) is 59.7 Å². The zero-order valence-electron chi connectivity index (χ0n) is 11.2. The van der Waals surface area contributed by atoms with Crippen molar-refractivity contribution in [3.63, 3.8) is 0 Å². The van der Waals surface area contributed by atoms with E-state index < -0.39 is 10.0 Å². The molecule has 0 heterocycles. The molecule has 0 fully saturated rings. The van der Waals surface area contributed by atoms with Crippen LogP contribution in [0.1, 0.15) is 11.1 Å². The summed E-state index contributed by atoms with van der Waals surface area (Å²) in [5, 5.41) is 8.92. The summed E-state index contributed by atoms with van der Waals surface area (Å²) in [6.07, 6.45) is 0. The molecule has 0 bridgehead atoms. The minimum absolute atomic E-state index is 0.155. The third-order valence-corrected chi connectivity index (χ3v) is 5.00. The van der Waals surface area contributed by atoms with Crippen LogP contribution in [0, 0.1) is 18.3 Å². The van der Waals surface area contributed by atoms with Crippen molar-refractivity contribution in [1.82, 2.24) is 0 Å². The molecule has 0 saturated carbocycles. The van der Waals surface area contributed by atoms with Crippen LogP contribution >= 0.6 is 0 Å². The molecule has 0 unspecified atom stereocenters. The van der Waals surface area contributed by atoms with Crippen LogP contribution in [-0.4, -0.2) is 15.5 Å². The predicted molar refractivity (Wildman–Crippen MR) is 77.9 cm³/mol. The van der Waals surface area contributed by atoms with Crippen LogP contribution in [0.15, 0.2) is 53.4 Å². The number of para-hydroxylation sites is 1. The summed E-state index contributed by atoms with van der Waals surface area (Å²) < 4.78 is 26.5. The number of aryl methyl sites for hydroxylation is 1. The first-order valence-corrected chi connectivity index (χ1v) is 7.45. The Hall–Kier alpha value is -2.32. The molecule has 0 aliphatic carbocycles. The van der Waals surface area contributed by atoms with Gasteiger partial charge in [0.05, 0.1) is 22.2 Å². The van der Waals surface area contributed by atoms with Crippen molar-refractivity contribution in [1.29, 1.82) is 5.26 Å². The molecule has 0 amide bonds. The summed E-state index contributed by atoms with van der Waals surface area (Å²) in [7, 11) is -2.17. The monoisotopic (exact) mass is 286 g/mol. The Labute approximate surface area is 118 Å². The number of nitriles is 1. The van der Waals surface area contributed by atoms with E-state index in [0.717, 1.165) is 0 Å².